The quantitative estimate of drug-likeness (QED) is 0.567. The highest BCUT2D eigenvalue weighted by Crippen LogP contribution is 2.31. The van der Waals surface area contributed by atoms with E-state index in [2.05, 4.69) is 4.98 Å². The minimum atomic E-state index is -3.42. The van der Waals surface area contributed by atoms with Crippen LogP contribution in [0.4, 0.5) is 4.39 Å². The van der Waals surface area contributed by atoms with E-state index in [4.69, 9.17) is 0 Å². The van der Waals surface area contributed by atoms with E-state index >= 15 is 0 Å². The maximum absolute atomic E-state index is 13.7. The van der Waals surface area contributed by atoms with Crippen molar-refractivity contribution in [3.8, 4) is 0 Å². The smallest absolute Gasteiger partial charge is 0.176 e. The van der Waals surface area contributed by atoms with Crippen LogP contribution < -0.4 is 0 Å². The summed E-state index contributed by atoms with van der Waals surface area (Å²) in [5, 5.41) is 2.39. The van der Waals surface area contributed by atoms with Crippen LogP contribution in [0.1, 0.15) is 16.8 Å². The average molecular weight is 367 g/mol. The lowest BCUT2D eigenvalue weighted by Gasteiger charge is -2.12. The number of hydrogen-bond acceptors (Lipinski definition) is 2. The van der Waals surface area contributed by atoms with Gasteiger partial charge in [0, 0.05) is 34.7 Å². The van der Waals surface area contributed by atoms with E-state index < -0.39 is 9.84 Å². The summed E-state index contributed by atoms with van der Waals surface area (Å²) in [6.45, 7) is 1.93. The summed E-state index contributed by atoms with van der Waals surface area (Å²) in [5.41, 5.74) is 3.40. The Balaban J connectivity index is 1.97. The second-order valence-corrected chi connectivity index (χ2v) is 8.59. The molecule has 0 saturated carbocycles. The molecule has 0 atom stereocenters. The van der Waals surface area contributed by atoms with Crippen molar-refractivity contribution in [2.75, 3.05) is 6.26 Å². The van der Waals surface area contributed by atoms with Crippen LogP contribution in [-0.2, 0) is 16.3 Å². The number of sulfone groups is 1. The molecule has 1 aromatic heterocycles. The number of aromatic nitrogens is 1. The summed E-state index contributed by atoms with van der Waals surface area (Å²) in [5.74, 6) is -0.306. The standard InChI is InChI=1S/C21H18FNO2S/c1-13-18(19-12-16(22)9-10-20(19)23-13)11-15-8-7-14-5-3-4-6-17(14)21(15)26(2,24)25/h3-10,12,23H,11H2,1-2H3. The number of aryl methyl sites for hydroxylation is 1. The van der Waals surface area contributed by atoms with Gasteiger partial charge in [0.25, 0.3) is 0 Å². The molecule has 0 spiro atoms. The number of benzene rings is 3. The third-order valence-corrected chi connectivity index (χ3v) is 6.00. The first-order chi connectivity index (χ1) is 12.3. The zero-order valence-electron chi connectivity index (χ0n) is 14.5. The Morgan fingerprint density at radius 1 is 1.00 bits per heavy atom. The summed E-state index contributed by atoms with van der Waals surface area (Å²) in [7, 11) is -3.42. The first-order valence-electron chi connectivity index (χ1n) is 8.32. The summed E-state index contributed by atoms with van der Waals surface area (Å²) in [6, 6.07) is 15.9. The van der Waals surface area contributed by atoms with Crippen molar-refractivity contribution in [2.45, 2.75) is 18.2 Å². The molecule has 5 heteroatoms. The van der Waals surface area contributed by atoms with Crippen molar-refractivity contribution >= 4 is 31.5 Å². The Morgan fingerprint density at radius 2 is 1.77 bits per heavy atom. The lowest BCUT2D eigenvalue weighted by Crippen LogP contribution is -2.05. The Kier molecular flexibility index (Phi) is 3.84. The highest BCUT2D eigenvalue weighted by atomic mass is 32.2. The second-order valence-electron chi connectivity index (χ2n) is 6.64. The Morgan fingerprint density at radius 3 is 2.54 bits per heavy atom. The van der Waals surface area contributed by atoms with E-state index in [1.165, 1.54) is 18.4 Å². The molecule has 0 aliphatic carbocycles. The summed E-state index contributed by atoms with van der Waals surface area (Å²) in [6.07, 6.45) is 1.66. The Bertz CT molecular complexity index is 1260. The second kappa shape index (κ2) is 5.95. The minimum absolute atomic E-state index is 0.306. The molecule has 3 nitrogen and oxygen atoms in total. The zero-order valence-corrected chi connectivity index (χ0v) is 15.3. The van der Waals surface area contributed by atoms with Crippen molar-refractivity contribution in [1.29, 1.82) is 0 Å². The molecule has 4 rings (SSSR count). The van der Waals surface area contributed by atoms with Crippen molar-refractivity contribution in [3.05, 3.63) is 77.2 Å². The van der Waals surface area contributed by atoms with E-state index in [1.54, 1.807) is 6.07 Å². The predicted octanol–water partition coefficient (Wildman–Crippen LogP) is 4.76. The van der Waals surface area contributed by atoms with Crippen molar-refractivity contribution in [3.63, 3.8) is 0 Å². The molecule has 3 aromatic carbocycles. The maximum Gasteiger partial charge on any atom is 0.176 e. The molecular weight excluding hydrogens is 349 g/mol. The first-order valence-corrected chi connectivity index (χ1v) is 10.2. The average Bonchev–Trinajstić information content (AvgIpc) is 2.89. The molecule has 0 radical (unpaired) electrons. The van der Waals surface area contributed by atoms with Gasteiger partial charge in [0.1, 0.15) is 5.82 Å². The summed E-state index contributed by atoms with van der Waals surface area (Å²) >= 11 is 0. The summed E-state index contributed by atoms with van der Waals surface area (Å²) < 4.78 is 38.8. The molecule has 0 aliphatic heterocycles. The minimum Gasteiger partial charge on any atom is -0.358 e. The Labute approximate surface area is 151 Å². The highest BCUT2D eigenvalue weighted by molar-refractivity contribution is 7.91. The number of nitrogens with one attached hydrogen (secondary N) is 1. The fourth-order valence-electron chi connectivity index (χ4n) is 3.64. The van der Waals surface area contributed by atoms with Gasteiger partial charge in [0.05, 0.1) is 4.90 Å². The van der Waals surface area contributed by atoms with Gasteiger partial charge < -0.3 is 4.98 Å². The van der Waals surface area contributed by atoms with Crippen LogP contribution in [-0.4, -0.2) is 19.7 Å². The van der Waals surface area contributed by atoms with Crippen LogP contribution in [0.5, 0.6) is 0 Å². The number of halogens is 1. The topological polar surface area (TPSA) is 49.9 Å². The molecule has 0 saturated heterocycles. The molecule has 0 bridgehead atoms. The zero-order chi connectivity index (χ0) is 18.5. The van der Waals surface area contributed by atoms with Crippen LogP contribution in [0, 0.1) is 12.7 Å². The van der Waals surface area contributed by atoms with Gasteiger partial charge in [-0.3, -0.25) is 0 Å². The van der Waals surface area contributed by atoms with Gasteiger partial charge in [-0.2, -0.15) is 0 Å². The third-order valence-electron chi connectivity index (χ3n) is 4.78. The van der Waals surface area contributed by atoms with Gasteiger partial charge >= 0.3 is 0 Å². The monoisotopic (exact) mass is 367 g/mol. The number of fused-ring (bicyclic) bond motifs is 2. The molecule has 4 aromatic rings. The van der Waals surface area contributed by atoms with Gasteiger partial charge in [-0.1, -0.05) is 36.4 Å². The Hall–Kier alpha value is -2.66. The van der Waals surface area contributed by atoms with Gasteiger partial charge in [0.15, 0.2) is 9.84 Å². The van der Waals surface area contributed by atoms with E-state index in [-0.39, 0.29) is 5.82 Å². The van der Waals surface area contributed by atoms with Gasteiger partial charge in [-0.05, 0) is 41.6 Å². The third kappa shape index (κ3) is 2.78. The SMILES string of the molecule is Cc1[nH]c2ccc(F)cc2c1Cc1ccc2ccccc2c1S(C)(=O)=O. The lowest BCUT2D eigenvalue weighted by molar-refractivity contribution is 0.602. The van der Waals surface area contributed by atoms with Gasteiger partial charge in [-0.25, -0.2) is 12.8 Å². The van der Waals surface area contributed by atoms with E-state index in [0.29, 0.717) is 11.3 Å². The molecule has 0 amide bonds. The van der Waals surface area contributed by atoms with Crippen molar-refractivity contribution in [2.24, 2.45) is 0 Å². The fraction of sp³-hybridized carbons (Fsp3) is 0.143. The van der Waals surface area contributed by atoms with Crippen LogP contribution in [0.2, 0.25) is 0 Å². The van der Waals surface area contributed by atoms with Crippen LogP contribution in [0.15, 0.2) is 59.5 Å². The predicted molar refractivity (Wildman–Crippen MR) is 103 cm³/mol. The van der Waals surface area contributed by atoms with E-state index in [1.807, 2.05) is 43.3 Å². The highest BCUT2D eigenvalue weighted by Gasteiger charge is 2.19. The molecule has 0 unspecified atom stereocenters. The fourth-order valence-corrected chi connectivity index (χ4v) is 4.84. The largest absolute Gasteiger partial charge is 0.358 e. The molecular formula is C21H18FNO2S. The molecule has 0 aliphatic rings. The normalized spacial score (nSPS) is 12.1. The number of aromatic amines is 1. The number of rotatable bonds is 3. The summed E-state index contributed by atoms with van der Waals surface area (Å²) in [4.78, 5) is 3.60. The van der Waals surface area contributed by atoms with Crippen molar-refractivity contribution in [1.82, 2.24) is 4.98 Å². The van der Waals surface area contributed by atoms with Crippen LogP contribution >= 0.6 is 0 Å². The molecule has 26 heavy (non-hydrogen) atoms. The molecule has 1 heterocycles. The lowest BCUT2D eigenvalue weighted by atomic mass is 9.99. The van der Waals surface area contributed by atoms with Crippen LogP contribution in [0.25, 0.3) is 21.7 Å². The van der Waals surface area contributed by atoms with E-state index in [9.17, 15) is 12.8 Å². The van der Waals surface area contributed by atoms with Crippen LogP contribution in [0.3, 0.4) is 0 Å². The number of H-pyrrole nitrogens is 1. The molecule has 1 N–H and O–H groups in total. The van der Waals surface area contributed by atoms with Gasteiger partial charge in [0.2, 0.25) is 0 Å². The number of hydrogen-bond donors (Lipinski definition) is 1. The van der Waals surface area contributed by atoms with Crippen molar-refractivity contribution < 1.29 is 12.8 Å². The molecule has 0 fully saturated rings. The van der Waals surface area contributed by atoms with E-state index in [0.717, 1.165) is 38.5 Å². The maximum atomic E-state index is 13.7. The first kappa shape index (κ1) is 16.8. The van der Waals surface area contributed by atoms with Gasteiger partial charge in [-0.15, -0.1) is 0 Å². The molecule has 132 valence electrons.